The minimum Gasteiger partial charge on any atom is -0.465 e. The van der Waals surface area contributed by atoms with Gasteiger partial charge in [0.1, 0.15) is 0 Å². The number of nitrogens with one attached hydrogen (secondary N) is 1. The van der Waals surface area contributed by atoms with Gasteiger partial charge in [0.05, 0.1) is 17.9 Å². The lowest BCUT2D eigenvalue weighted by atomic mass is 10.0. The molecule has 1 aromatic carbocycles. The maximum atomic E-state index is 12.1. The van der Waals surface area contributed by atoms with Gasteiger partial charge in [0.15, 0.2) is 5.01 Å². The van der Waals surface area contributed by atoms with E-state index in [1.807, 2.05) is 29.6 Å². The van der Waals surface area contributed by atoms with Crippen molar-refractivity contribution in [3.8, 4) is 9.88 Å². The first-order valence-electron chi connectivity index (χ1n) is 10.8. The van der Waals surface area contributed by atoms with E-state index in [2.05, 4.69) is 35.4 Å². The summed E-state index contributed by atoms with van der Waals surface area (Å²) < 4.78 is 5.51. The van der Waals surface area contributed by atoms with Gasteiger partial charge < -0.3 is 10.1 Å². The molecule has 0 aliphatic rings. The molecule has 0 radical (unpaired) electrons. The van der Waals surface area contributed by atoms with Crippen LogP contribution in [-0.4, -0.2) is 28.5 Å². The molecule has 2 aromatic heterocycles. The van der Waals surface area contributed by atoms with Gasteiger partial charge in [-0.2, -0.15) is 0 Å². The van der Waals surface area contributed by atoms with Crippen molar-refractivity contribution in [3.63, 3.8) is 0 Å². The summed E-state index contributed by atoms with van der Waals surface area (Å²) in [5.74, 6) is 1.04. The Kier molecular flexibility index (Phi) is 10.3. The van der Waals surface area contributed by atoms with E-state index in [0.29, 0.717) is 29.7 Å². The monoisotopic (exact) mass is 509 g/mol. The number of halogens is 1. The Morgan fingerprint density at radius 2 is 2.03 bits per heavy atom. The minimum atomic E-state index is -0.116. The SMILES string of the molecule is CCCCC(CC)COC(=O)CCSc1ccsc1-c1nnc(Nc2ccc(Cl)cc2)s1. The zero-order valence-electron chi connectivity index (χ0n) is 18.3. The molecule has 1 unspecified atom stereocenters. The number of thioether (sulfide) groups is 1. The van der Waals surface area contributed by atoms with E-state index in [9.17, 15) is 4.79 Å². The van der Waals surface area contributed by atoms with Gasteiger partial charge in [-0.25, -0.2) is 0 Å². The van der Waals surface area contributed by atoms with Crippen LogP contribution in [0, 0.1) is 5.92 Å². The zero-order chi connectivity index (χ0) is 22.8. The van der Waals surface area contributed by atoms with E-state index in [1.54, 1.807) is 23.1 Å². The summed E-state index contributed by atoms with van der Waals surface area (Å²) in [6.07, 6.45) is 4.96. The molecule has 3 rings (SSSR count). The van der Waals surface area contributed by atoms with Crippen LogP contribution in [0.3, 0.4) is 0 Å². The summed E-state index contributed by atoms with van der Waals surface area (Å²) in [5, 5.41) is 16.2. The quantitative estimate of drug-likeness (QED) is 0.186. The molecule has 2 heterocycles. The third-order valence-corrected chi connectivity index (χ3v) is 8.28. The number of anilines is 2. The molecule has 1 atom stereocenters. The zero-order valence-corrected chi connectivity index (χ0v) is 21.5. The molecule has 32 heavy (non-hydrogen) atoms. The number of ether oxygens (including phenoxy) is 1. The lowest BCUT2D eigenvalue weighted by Crippen LogP contribution is -2.14. The van der Waals surface area contributed by atoms with Crippen LogP contribution in [0.4, 0.5) is 10.8 Å². The van der Waals surface area contributed by atoms with Crippen molar-refractivity contribution in [2.45, 2.75) is 50.8 Å². The Morgan fingerprint density at radius 1 is 1.22 bits per heavy atom. The van der Waals surface area contributed by atoms with Gasteiger partial charge in [-0.15, -0.1) is 33.3 Å². The van der Waals surface area contributed by atoms with Gasteiger partial charge in [0.25, 0.3) is 0 Å². The van der Waals surface area contributed by atoms with Crippen LogP contribution in [0.1, 0.15) is 46.0 Å². The number of hydrogen-bond donors (Lipinski definition) is 1. The Balaban J connectivity index is 1.48. The fourth-order valence-electron chi connectivity index (χ4n) is 3.01. The molecular weight excluding hydrogens is 482 g/mol. The summed E-state index contributed by atoms with van der Waals surface area (Å²) in [6.45, 7) is 4.89. The highest BCUT2D eigenvalue weighted by molar-refractivity contribution is 7.99. The molecule has 9 heteroatoms. The molecule has 0 saturated carbocycles. The van der Waals surface area contributed by atoms with Gasteiger partial charge in [-0.3, -0.25) is 4.79 Å². The number of carbonyl (C=O) groups is 1. The average molecular weight is 510 g/mol. The maximum Gasteiger partial charge on any atom is 0.306 e. The fraction of sp³-hybridized carbons (Fsp3) is 0.435. The largest absolute Gasteiger partial charge is 0.465 e. The number of rotatable bonds is 13. The van der Waals surface area contributed by atoms with Gasteiger partial charge in [0.2, 0.25) is 5.13 Å². The van der Waals surface area contributed by atoms with Crippen molar-refractivity contribution >= 4 is 62.8 Å². The van der Waals surface area contributed by atoms with Crippen LogP contribution < -0.4 is 5.32 Å². The number of esters is 1. The second kappa shape index (κ2) is 13.2. The Labute approximate surface area is 206 Å². The third-order valence-electron chi connectivity index (χ3n) is 4.93. The minimum absolute atomic E-state index is 0.116. The molecule has 0 fully saturated rings. The Bertz CT molecular complexity index is 975. The second-order valence-electron chi connectivity index (χ2n) is 7.36. The molecule has 0 aliphatic heterocycles. The van der Waals surface area contributed by atoms with Crippen molar-refractivity contribution < 1.29 is 9.53 Å². The predicted molar refractivity (Wildman–Crippen MR) is 138 cm³/mol. The molecule has 0 aliphatic carbocycles. The van der Waals surface area contributed by atoms with E-state index in [0.717, 1.165) is 38.4 Å². The topological polar surface area (TPSA) is 64.1 Å². The van der Waals surface area contributed by atoms with Crippen molar-refractivity contribution in [2.24, 2.45) is 5.92 Å². The highest BCUT2D eigenvalue weighted by atomic mass is 35.5. The summed E-state index contributed by atoms with van der Waals surface area (Å²) in [7, 11) is 0. The first-order chi connectivity index (χ1) is 15.6. The molecule has 0 amide bonds. The molecule has 3 aromatic rings. The Hall–Kier alpha value is -1.61. The van der Waals surface area contributed by atoms with Crippen LogP contribution in [-0.2, 0) is 9.53 Å². The number of aromatic nitrogens is 2. The summed E-state index contributed by atoms with van der Waals surface area (Å²) in [6, 6.07) is 9.54. The van der Waals surface area contributed by atoms with Gasteiger partial charge >= 0.3 is 5.97 Å². The predicted octanol–water partition coefficient (Wildman–Crippen LogP) is 7.91. The number of hydrogen-bond acceptors (Lipinski definition) is 8. The second-order valence-corrected chi connectivity index (χ2v) is 10.8. The highest BCUT2D eigenvalue weighted by Gasteiger charge is 2.15. The van der Waals surface area contributed by atoms with Crippen molar-refractivity contribution in [3.05, 3.63) is 40.7 Å². The first kappa shape index (κ1) is 25.0. The molecule has 0 bridgehead atoms. The molecular formula is C23H28ClN3O2S3. The lowest BCUT2D eigenvalue weighted by Gasteiger charge is -2.14. The molecule has 1 N–H and O–H groups in total. The lowest BCUT2D eigenvalue weighted by molar-refractivity contribution is -0.144. The maximum absolute atomic E-state index is 12.1. The van der Waals surface area contributed by atoms with E-state index >= 15 is 0 Å². The van der Waals surface area contributed by atoms with Crippen LogP contribution in [0.5, 0.6) is 0 Å². The smallest absolute Gasteiger partial charge is 0.306 e. The van der Waals surface area contributed by atoms with Crippen molar-refractivity contribution in [1.29, 1.82) is 0 Å². The van der Waals surface area contributed by atoms with E-state index < -0.39 is 0 Å². The number of carbonyl (C=O) groups excluding carboxylic acids is 1. The first-order valence-corrected chi connectivity index (χ1v) is 13.9. The number of thiophene rings is 1. The van der Waals surface area contributed by atoms with Crippen LogP contribution in [0.2, 0.25) is 5.02 Å². The van der Waals surface area contributed by atoms with Gasteiger partial charge in [-0.05, 0) is 48.1 Å². The van der Waals surface area contributed by atoms with Crippen molar-refractivity contribution in [2.75, 3.05) is 17.7 Å². The number of nitrogens with zero attached hydrogens (tertiary/aromatic N) is 2. The average Bonchev–Trinajstić information content (AvgIpc) is 3.45. The van der Waals surface area contributed by atoms with Gasteiger partial charge in [-0.1, -0.05) is 56.0 Å². The van der Waals surface area contributed by atoms with Gasteiger partial charge in [0, 0.05) is 21.4 Å². The standard InChI is InChI=1S/C23H28ClN3O2S3/c1-3-5-6-16(4-2)15-29-20(28)12-14-30-19-11-13-31-21(19)22-26-27-23(32-22)25-18-9-7-17(24)8-10-18/h7-11,13,16H,3-6,12,14-15H2,1-2H3,(H,25,27). The normalized spacial score (nSPS) is 12.0. The highest BCUT2D eigenvalue weighted by Crippen LogP contribution is 2.39. The van der Waals surface area contributed by atoms with Crippen LogP contribution in [0.25, 0.3) is 9.88 Å². The Morgan fingerprint density at radius 3 is 2.78 bits per heavy atom. The molecule has 0 saturated heterocycles. The number of unbranched alkanes of at least 4 members (excludes halogenated alkanes) is 1. The van der Waals surface area contributed by atoms with Crippen LogP contribution >= 0.6 is 46.0 Å². The third kappa shape index (κ3) is 7.76. The summed E-state index contributed by atoms with van der Waals surface area (Å²) in [4.78, 5) is 14.3. The summed E-state index contributed by atoms with van der Waals surface area (Å²) in [5.41, 5.74) is 0.913. The van der Waals surface area contributed by atoms with Crippen LogP contribution in [0.15, 0.2) is 40.6 Å². The van der Waals surface area contributed by atoms with E-state index in [1.165, 1.54) is 24.2 Å². The van der Waals surface area contributed by atoms with E-state index in [4.69, 9.17) is 16.3 Å². The van der Waals surface area contributed by atoms with Crippen molar-refractivity contribution in [1.82, 2.24) is 10.2 Å². The molecule has 0 spiro atoms. The van der Waals surface area contributed by atoms with E-state index in [-0.39, 0.29) is 5.97 Å². The number of benzene rings is 1. The summed E-state index contributed by atoms with van der Waals surface area (Å²) >= 11 is 10.7. The molecule has 172 valence electrons. The fourth-order valence-corrected chi connectivity index (χ4v) is 6.15. The molecule has 5 nitrogen and oxygen atoms in total.